The number of methoxy groups -OCH3 is 1. The Morgan fingerprint density at radius 1 is 1.13 bits per heavy atom. The van der Waals surface area contributed by atoms with Crippen molar-refractivity contribution in [3.8, 4) is 16.9 Å². The van der Waals surface area contributed by atoms with E-state index in [9.17, 15) is 9.59 Å². The van der Waals surface area contributed by atoms with E-state index < -0.39 is 0 Å². The molecule has 0 unspecified atom stereocenters. The van der Waals surface area contributed by atoms with Gasteiger partial charge in [0.1, 0.15) is 11.4 Å². The van der Waals surface area contributed by atoms with Crippen molar-refractivity contribution in [1.29, 1.82) is 0 Å². The first kappa shape index (κ1) is 24.2. The Kier molecular flexibility index (Phi) is 6.15. The number of pyridine rings is 1. The molecular formula is C29H27N5O3S. The van der Waals surface area contributed by atoms with Gasteiger partial charge in [-0.2, -0.15) is 0 Å². The average Bonchev–Trinajstić information content (AvgIpc) is 3.59. The van der Waals surface area contributed by atoms with Crippen LogP contribution < -0.4 is 10.1 Å². The molecule has 3 heterocycles. The number of aromatic nitrogens is 4. The van der Waals surface area contributed by atoms with E-state index in [4.69, 9.17) is 14.7 Å². The van der Waals surface area contributed by atoms with Crippen molar-refractivity contribution >= 4 is 49.4 Å². The minimum absolute atomic E-state index is 0.0135. The summed E-state index contributed by atoms with van der Waals surface area (Å²) >= 11 is 1.47. The highest BCUT2D eigenvalue weighted by atomic mass is 32.1. The summed E-state index contributed by atoms with van der Waals surface area (Å²) in [7, 11) is 1.65. The molecule has 1 amide bonds. The molecule has 1 aliphatic carbocycles. The predicted octanol–water partition coefficient (Wildman–Crippen LogP) is 6.01. The van der Waals surface area contributed by atoms with Gasteiger partial charge in [0.25, 0.3) is 0 Å². The SMILES string of the molecule is CCC(=O)c1cc(C)c(-c2cc3nc(NC(=O)C4CC4)sc3c3c2ncn3Cc2ccc(OC)cc2)cn1. The first-order valence-corrected chi connectivity index (χ1v) is 13.5. The molecule has 0 saturated heterocycles. The van der Waals surface area contributed by atoms with Gasteiger partial charge in [-0.15, -0.1) is 0 Å². The normalized spacial score (nSPS) is 13.2. The highest BCUT2D eigenvalue weighted by Crippen LogP contribution is 2.40. The van der Waals surface area contributed by atoms with Crippen molar-refractivity contribution in [3.05, 3.63) is 65.7 Å². The molecule has 8 nitrogen and oxygen atoms in total. The van der Waals surface area contributed by atoms with E-state index in [1.54, 1.807) is 13.3 Å². The smallest absolute Gasteiger partial charge is 0.229 e. The second-order valence-electron chi connectivity index (χ2n) is 9.63. The molecule has 2 aromatic carbocycles. The number of imidazole rings is 1. The fourth-order valence-electron chi connectivity index (χ4n) is 4.65. The van der Waals surface area contributed by atoms with Crippen molar-refractivity contribution in [2.75, 3.05) is 12.4 Å². The van der Waals surface area contributed by atoms with E-state index >= 15 is 0 Å². The molecule has 0 radical (unpaired) electrons. The number of hydrogen-bond acceptors (Lipinski definition) is 7. The Bertz CT molecular complexity index is 1700. The number of amides is 1. The number of benzene rings is 2. The zero-order valence-corrected chi connectivity index (χ0v) is 22.3. The molecule has 192 valence electrons. The predicted molar refractivity (Wildman–Crippen MR) is 149 cm³/mol. The number of ketones is 1. The van der Waals surface area contributed by atoms with Crippen molar-refractivity contribution in [1.82, 2.24) is 19.5 Å². The van der Waals surface area contributed by atoms with Gasteiger partial charge in [0.05, 0.1) is 34.7 Å². The third kappa shape index (κ3) is 4.43. The molecule has 5 aromatic rings. The highest BCUT2D eigenvalue weighted by molar-refractivity contribution is 7.23. The maximum Gasteiger partial charge on any atom is 0.229 e. The number of Topliss-reactive ketones (excluding diaryl/α,β-unsaturated/α-hetero) is 1. The number of thiazole rings is 1. The summed E-state index contributed by atoms with van der Waals surface area (Å²) in [5, 5.41) is 3.59. The first-order chi connectivity index (χ1) is 18.4. The Morgan fingerprint density at radius 3 is 2.61 bits per heavy atom. The Hall–Kier alpha value is -4.11. The fourth-order valence-corrected chi connectivity index (χ4v) is 5.66. The Morgan fingerprint density at radius 2 is 1.92 bits per heavy atom. The topological polar surface area (TPSA) is 99.0 Å². The molecule has 0 spiro atoms. The van der Waals surface area contributed by atoms with E-state index in [1.807, 2.05) is 56.6 Å². The standard InChI is InChI=1S/C29H27N5O3S/c1-4-24(35)22-11-16(2)21(13-30-22)20-12-23-27(38-29(32-23)33-28(36)18-7-8-18)26-25(20)31-15-34(26)14-17-5-9-19(37-3)10-6-17/h5-6,9-13,15,18H,4,7-8,14H2,1-3H3,(H,32,33,36). The van der Waals surface area contributed by atoms with Crippen LogP contribution in [0.4, 0.5) is 5.13 Å². The molecule has 1 aliphatic rings. The lowest BCUT2D eigenvalue weighted by molar-refractivity contribution is -0.117. The number of carbonyl (C=O) groups excluding carboxylic acids is 2. The van der Waals surface area contributed by atoms with Crippen LogP contribution in [0.2, 0.25) is 0 Å². The van der Waals surface area contributed by atoms with Crippen LogP contribution in [-0.4, -0.2) is 38.3 Å². The molecule has 0 atom stereocenters. The van der Waals surface area contributed by atoms with Gasteiger partial charge in [-0.3, -0.25) is 14.6 Å². The summed E-state index contributed by atoms with van der Waals surface area (Å²) in [6.07, 6.45) is 5.87. The van der Waals surface area contributed by atoms with E-state index in [0.717, 1.165) is 62.1 Å². The molecule has 1 N–H and O–H groups in total. The zero-order valence-electron chi connectivity index (χ0n) is 21.4. The van der Waals surface area contributed by atoms with Crippen LogP contribution in [0, 0.1) is 12.8 Å². The second kappa shape index (κ2) is 9.64. The number of nitrogens with zero attached hydrogens (tertiary/aromatic N) is 4. The molecule has 38 heavy (non-hydrogen) atoms. The minimum Gasteiger partial charge on any atom is -0.497 e. The number of rotatable bonds is 8. The molecule has 0 aliphatic heterocycles. The molecule has 6 rings (SSSR count). The lowest BCUT2D eigenvalue weighted by Gasteiger charge is -2.10. The Labute approximate surface area is 223 Å². The van der Waals surface area contributed by atoms with Gasteiger partial charge in [-0.1, -0.05) is 30.4 Å². The molecule has 1 fully saturated rings. The summed E-state index contributed by atoms with van der Waals surface area (Å²) in [4.78, 5) is 38.8. The van der Waals surface area contributed by atoms with Crippen LogP contribution in [0.15, 0.2) is 48.9 Å². The molecule has 9 heteroatoms. The Balaban J connectivity index is 1.50. The number of ether oxygens (including phenoxy) is 1. The molecular weight excluding hydrogens is 498 g/mol. The maximum absolute atomic E-state index is 12.5. The monoisotopic (exact) mass is 525 g/mol. The van der Waals surface area contributed by atoms with E-state index in [-0.39, 0.29) is 17.6 Å². The van der Waals surface area contributed by atoms with E-state index in [1.165, 1.54) is 11.3 Å². The van der Waals surface area contributed by atoms with Crippen molar-refractivity contribution in [2.45, 2.75) is 39.7 Å². The zero-order chi connectivity index (χ0) is 26.4. The third-order valence-electron chi connectivity index (χ3n) is 6.94. The van der Waals surface area contributed by atoms with E-state index in [0.29, 0.717) is 23.8 Å². The second-order valence-corrected chi connectivity index (χ2v) is 10.6. The van der Waals surface area contributed by atoms with Crippen LogP contribution in [0.1, 0.15) is 47.8 Å². The van der Waals surface area contributed by atoms with Crippen LogP contribution in [0.5, 0.6) is 5.75 Å². The summed E-state index contributed by atoms with van der Waals surface area (Å²) < 4.78 is 8.39. The number of hydrogen-bond donors (Lipinski definition) is 1. The van der Waals surface area contributed by atoms with Gasteiger partial charge < -0.3 is 14.6 Å². The minimum atomic E-state index is 0.0135. The number of anilines is 1. The highest BCUT2D eigenvalue weighted by Gasteiger charge is 2.30. The van der Waals surface area contributed by atoms with Crippen LogP contribution in [0.3, 0.4) is 0 Å². The van der Waals surface area contributed by atoms with Crippen LogP contribution in [-0.2, 0) is 11.3 Å². The summed E-state index contributed by atoms with van der Waals surface area (Å²) in [5.74, 6) is 0.944. The molecule has 3 aromatic heterocycles. The summed E-state index contributed by atoms with van der Waals surface area (Å²) in [6.45, 7) is 4.43. The van der Waals surface area contributed by atoms with Gasteiger partial charge in [0.15, 0.2) is 10.9 Å². The van der Waals surface area contributed by atoms with Gasteiger partial charge >= 0.3 is 0 Å². The van der Waals surface area contributed by atoms with Crippen molar-refractivity contribution < 1.29 is 14.3 Å². The number of carbonyl (C=O) groups is 2. The van der Waals surface area contributed by atoms with Gasteiger partial charge in [0, 0.05) is 36.2 Å². The quantitative estimate of drug-likeness (QED) is 0.249. The van der Waals surface area contributed by atoms with Gasteiger partial charge in [-0.25, -0.2) is 9.97 Å². The summed E-state index contributed by atoms with van der Waals surface area (Å²) in [5.41, 5.74) is 6.88. The van der Waals surface area contributed by atoms with Crippen molar-refractivity contribution in [3.63, 3.8) is 0 Å². The van der Waals surface area contributed by atoms with E-state index in [2.05, 4.69) is 14.9 Å². The largest absolute Gasteiger partial charge is 0.497 e. The number of fused-ring (bicyclic) bond motifs is 3. The van der Waals surface area contributed by atoms with Crippen LogP contribution in [0.25, 0.3) is 32.4 Å². The van der Waals surface area contributed by atoms with Gasteiger partial charge in [-0.05, 0) is 55.2 Å². The maximum atomic E-state index is 12.5. The first-order valence-electron chi connectivity index (χ1n) is 12.7. The lowest BCUT2D eigenvalue weighted by atomic mass is 9.99. The lowest BCUT2D eigenvalue weighted by Crippen LogP contribution is -2.12. The molecule has 1 saturated carbocycles. The van der Waals surface area contributed by atoms with Crippen molar-refractivity contribution in [2.24, 2.45) is 5.92 Å². The van der Waals surface area contributed by atoms with Crippen LogP contribution >= 0.6 is 11.3 Å². The number of nitrogens with one attached hydrogen (secondary N) is 1. The molecule has 0 bridgehead atoms. The third-order valence-corrected chi connectivity index (χ3v) is 7.93. The van der Waals surface area contributed by atoms with Gasteiger partial charge in [0.2, 0.25) is 5.91 Å². The number of aryl methyl sites for hydroxylation is 1. The average molecular weight is 526 g/mol. The fraction of sp³-hybridized carbons (Fsp3) is 0.276. The summed E-state index contributed by atoms with van der Waals surface area (Å²) in [6, 6.07) is 11.8.